The zero-order chi connectivity index (χ0) is 19.0. The zero-order valence-electron chi connectivity index (χ0n) is 15.2. The first-order valence-electron chi connectivity index (χ1n) is 8.74. The van der Waals surface area contributed by atoms with Crippen molar-refractivity contribution in [3.63, 3.8) is 0 Å². The summed E-state index contributed by atoms with van der Waals surface area (Å²) in [5.41, 5.74) is 7.56. The first-order valence-corrected chi connectivity index (χ1v) is 9.50. The standard InChI is InChI=1S/C18H23Cl2N5O/c1-10(2)9-25-16(20)15(11(3)23-25)14-5-4-6-24(14)18-13(19)7-12(8-22-18)17(21)26/h7-8,10,14H,4-6,9H2,1-3H3,(H2,21,26). The summed E-state index contributed by atoms with van der Waals surface area (Å²) in [6.45, 7) is 7.86. The highest BCUT2D eigenvalue weighted by Crippen LogP contribution is 2.42. The Hall–Kier alpha value is -1.79. The monoisotopic (exact) mass is 395 g/mol. The number of rotatable bonds is 5. The minimum atomic E-state index is -0.544. The number of nitrogens with zero attached hydrogens (tertiary/aromatic N) is 4. The maximum Gasteiger partial charge on any atom is 0.250 e. The highest BCUT2D eigenvalue weighted by molar-refractivity contribution is 6.33. The predicted molar refractivity (Wildman–Crippen MR) is 104 cm³/mol. The van der Waals surface area contributed by atoms with E-state index in [0.717, 1.165) is 37.2 Å². The second kappa shape index (κ2) is 7.45. The summed E-state index contributed by atoms with van der Waals surface area (Å²) >= 11 is 13.1. The molecule has 0 saturated carbocycles. The summed E-state index contributed by atoms with van der Waals surface area (Å²) in [6.07, 6.45) is 3.42. The van der Waals surface area contributed by atoms with Crippen LogP contribution < -0.4 is 10.6 Å². The van der Waals surface area contributed by atoms with Crippen molar-refractivity contribution in [3.8, 4) is 0 Å². The quantitative estimate of drug-likeness (QED) is 0.829. The maximum atomic E-state index is 11.3. The van der Waals surface area contributed by atoms with Gasteiger partial charge in [-0.25, -0.2) is 4.98 Å². The number of carbonyl (C=O) groups is 1. The predicted octanol–water partition coefficient (Wildman–Crippen LogP) is 3.99. The highest BCUT2D eigenvalue weighted by Gasteiger charge is 2.33. The molecule has 2 N–H and O–H groups in total. The maximum absolute atomic E-state index is 11.3. The van der Waals surface area contributed by atoms with Gasteiger partial charge in [0, 0.05) is 24.8 Å². The number of hydrogen-bond acceptors (Lipinski definition) is 4. The van der Waals surface area contributed by atoms with Crippen LogP contribution in [0.5, 0.6) is 0 Å². The third-order valence-corrected chi connectivity index (χ3v) is 5.29. The van der Waals surface area contributed by atoms with Gasteiger partial charge in [-0.2, -0.15) is 5.10 Å². The van der Waals surface area contributed by atoms with Crippen molar-refractivity contribution in [2.24, 2.45) is 11.7 Å². The molecular weight excluding hydrogens is 373 g/mol. The van der Waals surface area contributed by atoms with E-state index in [0.29, 0.717) is 27.5 Å². The van der Waals surface area contributed by atoms with Crippen LogP contribution in [-0.4, -0.2) is 27.2 Å². The first-order chi connectivity index (χ1) is 12.3. The van der Waals surface area contributed by atoms with Crippen LogP contribution in [0, 0.1) is 12.8 Å². The lowest BCUT2D eigenvalue weighted by Crippen LogP contribution is -2.25. The fraction of sp³-hybridized carbons (Fsp3) is 0.500. The van der Waals surface area contributed by atoms with Gasteiger partial charge in [-0.1, -0.05) is 37.0 Å². The van der Waals surface area contributed by atoms with E-state index in [2.05, 4.69) is 28.8 Å². The molecule has 3 heterocycles. The number of primary amides is 1. The molecule has 1 aliphatic heterocycles. The third-order valence-electron chi connectivity index (χ3n) is 4.61. The van der Waals surface area contributed by atoms with Gasteiger partial charge < -0.3 is 10.6 Å². The van der Waals surface area contributed by atoms with E-state index >= 15 is 0 Å². The Balaban J connectivity index is 1.97. The number of carbonyl (C=O) groups excluding carboxylic acids is 1. The van der Waals surface area contributed by atoms with E-state index in [1.165, 1.54) is 6.20 Å². The smallest absolute Gasteiger partial charge is 0.250 e. The summed E-state index contributed by atoms with van der Waals surface area (Å²) in [6, 6.07) is 1.63. The van der Waals surface area contributed by atoms with Gasteiger partial charge in [0.05, 0.1) is 22.3 Å². The molecule has 6 nitrogen and oxygen atoms in total. The van der Waals surface area contributed by atoms with Crippen LogP contribution in [0.25, 0.3) is 0 Å². The molecule has 0 spiro atoms. The lowest BCUT2D eigenvalue weighted by Gasteiger charge is -2.27. The number of pyridine rings is 1. The molecule has 2 aromatic heterocycles. The average molecular weight is 396 g/mol. The average Bonchev–Trinajstić information content (AvgIpc) is 3.11. The summed E-state index contributed by atoms with van der Waals surface area (Å²) in [4.78, 5) is 17.9. The van der Waals surface area contributed by atoms with Gasteiger partial charge >= 0.3 is 0 Å². The number of halogens is 2. The number of amides is 1. The van der Waals surface area contributed by atoms with Crippen LogP contribution in [-0.2, 0) is 6.54 Å². The Labute approximate surface area is 163 Å². The van der Waals surface area contributed by atoms with Crippen molar-refractivity contribution < 1.29 is 4.79 Å². The molecule has 8 heteroatoms. The fourth-order valence-corrected chi connectivity index (χ4v) is 4.15. The number of aryl methyl sites for hydroxylation is 1. The first kappa shape index (κ1) is 19.0. The van der Waals surface area contributed by atoms with Crippen molar-refractivity contribution in [3.05, 3.63) is 39.3 Å². The summed E-state index contributed by atoms with van der Waals surface area (Å²) in [5, 5.41) is 5.72. The molecular formula is C18H23Cl2N5O. The Morgan fingerprint density at radius 1 is 1.42 bits per heavy atom. The van der Waals surface area contributed by atoms with Gasteiger partial charge in [0.1, 0.15) is 11.0 Å². The number of hydrogen-bond donors (Lipinski definition) is 1. The van der Waals surface area contributed by atoms with E-state index in [-0.39, 0.29) is 6.04 Å². The molecule has 0 radical (unpaired) electrons. The minimum Gasteiger partial charge on any atom is -0.366 e. The van der Waals surface area contributed by atoms with Crippen molar-refractivity contribution >= 4 is 34.9 Å². The lowest BCUT2D eigenvalue weighted by molar-refractivity contribution is 0.1000. The summed E-state index contributed by atoms with van der Waals surface area (Å²) in [5.74, 6) is 0.556. The lowest BCUT2D eigenvalue weighted by atomic mass is 10.1. The van der Waals surface area contributed by atoms with E-state index in [1.54, 1.807) is 6.07 Å². The second-order valence-corrected chi connectivity index (χ2v) is 7.88. The van der Waals surface area contributed by atoms with Gasteiger partial charge in [-0.15, -0.1) is 0 Å². The normalized spacial score (nSPS) is 17.3. The van der Waals surface area contributed by atoms with E-state index in [1.807, 2.05) is 11.6 Å². The molecule has 1 saturated heterocycles. The van der Waals surface area contributed by atoms with Crippen molar-refractivity contribution in [1.29, 1.82) is 0 Å². The summed E-state index contributed by atoms with van der Waals surface area (Å²) < 4.78 is 1.87. The Bertz CT molecular complexity index is 833. The van der Waals surface area contributed by atoms with Crippen LogP contribution >= 0.6 is 23.2 Å². The molecule has 1 unspecified atom stereocenters. The molecule has 0 aromatic carbocycles. The molecule has 0 aliphatic carbocycles. The van der Waals surface area contributed by atoms with E-state index in [4.69, 9.17) is 28.9 Å². The van der Waals surface area contributed by atoms with E-state index in [9.17, 15) is 4.79 Å². The molecule has 26 heavy (non-hydrogen) atoms. The van der Waals surface area contributed by atoms with Crippen LogP contribution in [0.3, 0.4) is 0 Å². The van der Waals surface area contributed by atoms with Crippen LogP contribution in [0.2, 0.25) is 10.2 Å². The second-order valence-electron chi connectivity index (χ2n) is 7.11. The van der Waals surface area contributed by atoms with Crippen molar-refractivity contribution in [1.82, 2.24) is 14.8 Å². The largest absolute Gasteiger partial charge is 0.366 e. The fourth-order valence-electron chi connectivity index (χ4n) is 3.51. The third kappa shape index (κ3) is 3.53. The molecule has 140 valence electrons. The zero-order valence-corrected chi connectivity index (χ0v) is 16.7. The SMILES string of the molecule is Cc1nn(CC(C)C)c(Cl)c1C1CCCN1c1ncc(C(N)=O)cc1Cl. The number of aromatic nitrogens is 3. The topological polar surface area (TPSA) is 77.0 Å². The number of nitrogens with two attached hydrogens (primary N) is 1. The molecule has 1 fully saturated rings. The van der Waals surface area contributed by atoms with Gasteiger partial charge in [-0.3, -0.25) is 9.48 Å². The minimum absolute atomic E-state index is 0.0628. The summed E-state index contributed by atoms with van der Waals surface area (Å²) in [7, 11) is 0. The highest BCUT2D eigenvalue weighted by atomic mass is 35.5. The van der Waals surface area contributed by atoms with Gasteiger partial charge in [-0.05, 0) is 31.7 Å². The van der Waals surface area contributed by atoms with Crippen LogP contribution in [0.4, 0.5) is 5.82 Å². The van der Waals surface area contributed by atoms with Gasteiger partial charge in [0.15, 0.2) is 0 Å². The molecule has 1 amide bonds. The van der Waals surface area contributed by atoms with Gasteiger partial charge in [0.25, 0.3) is 0 Å². The molecule has 2 aromatic rings. The Morgan fingerprint density at radius 2 is 2.15 bits per heavy atom. The van der Waals surface area contributed by atoms with Crippen LogP contribution in [0.15, 0.2) is 12.3 Å². The van der Waals surface area contributed by atoms with Crippen molar-refractivity contribution in [2.45, 2.75) is 46.2 Å². The van der Waals surface area contributed by atoms with E-state index < -0.39 is 5.91 Å². The molecule has 3 rings (SSSR count). The molecule has 1 atom stereocenters. The number of anilines is 1. The molecule has 1 aliphatic rings. The van der Waals surface area contributed by atoms with Crippen LogP contribution in [0.1, 0.15) is 54.3 Å². The Kier molecular flexibility index (Phi) is 5.44. The Morgan fingerprint density at radius 3 is 2.77 bits per heavy atom. The van der Waals surface area contributed by atoms with Gasteiger partial charge in [0.2, 0.25) is 5.91 Å². The van der Waals surface area contributed by atoms with Crippen molar-refractivity contribution in [2.75, 3.05) is 11.4 Å². The molecule has 0 bridgehead atoms.